The summed E-state index contributed by atoms with van der Waals surface area (Å²) in [5.74, 6) is 0.793. The molecule has 0 bridgehead atoms. The third kappa shape index (κ3) is 2.26. The lowest BCUT2D eigenvalue weighted by atomic mass is 10.2. The molecule has 0 saturated carbocycles. The van der Waals surface area contributed by atoms with Gasteiger partial charge in [0.2, 0.25) is 0 Å². The van der Waals surface area contributed by atoms with Gasteiger partial charge < -0.3 is 15.2 Å². The van der Waals surface area contributed by atoms with E-state index in [1.807, 2.05) is 24.3 Å². The molecule has 1 heterocycles. The van der Waals surface area contributed by atoms with E-state index in [4.69, 9.17) is 4.74 Å². The van der Waals surface area contributed by atoms with Crippen molar-refractivity contribution in [3.05, 3.63) is 28.7 Å². The molecule has 2 rings (SSSR count). The first-order valence-electron chi connectivity index (χ1n) is 4.57. The monoisotopic (exact) mass is 257 g/mol. The summed E-state index contributed by atoms with van der Waals surface area (Å²) in [6.45, 7) is 1.32. The molecule has 14 heavy (non-hydrogen) atoms. The molecule has 1 fully saturated rings. The number of hydrogen-bond donors (Lipinski definition) is 2. The van der Waals surface area contributed by atoms with Crippen molar-refractivity contribution >= 4 is 15.9 Å². The molecule has 2 N–H and O–H groups in total. The summed E-state index contributed by atoms with van der Waals surface area (Å²) in [4.78, 5) is 0. The summed E-state index contributed by atoms with van der Waals surface area (Å²) in [5.41, 5.74) is 0. The van der Waals surface area contributed by atoms with Gasteiger partial charge in [0.1, 0.15) is 18.0 Å². The number of β-amino-alcohol motifs (C(OH)–C–C–N with tert-alkyl or cyclic N) is 1. The first-order valence-corrected chi connectivity index (χ1v) is 5.36. The molecule has 0 aromatic heterocycles. The van der Waals surface area contributed by atoms with Crippen LogP contribution in [0, 0.1) is 0 Å². The molecule has 4 heteroatoms. The second-order valence-corrected chi connectivity index (χ2v) is 4.25. The van der Waals surface area contributed by atoms with Crippen molar-refractivity contribution in [3.63, 3.8) is 0 Å². The van der Waals surface area contributed by atoms with Gasteiger partial charge in [-0.25, -0.2) is 0 Å². The highest BCUT2D eigenvalue weighted by Gasteiger charge is 2.26. The maximum atomic E-state index is 9.51. The van der Waals surface area contributed by atoms with E-state index in [0.29, 0.717) is 13.1 Å². The second-order valence-electron chi connectivity index (χ2n) is 3.34. The lowest BCUT2D eigenvalue weighted by molar-refractivity contribution is 0.0737. The van der Waals surface area contributed by atoms with Gasteiger partial charge in [-0.15, -0.1) is 0 Å². The second kappa shape index (κ2) is 4.29. The summed E-state index contributed by atoms with van der Waals surface area (Å²) >= 11 is 3.35. The molecule has 0 amide bonds. The minimum atomic E-state index is -0.404. The van der Waals surface area contributed by atoms with Crippen LogP contribution in [0.3, 0.4) is 0 Å². The average molecular weight is 258 g/mol. The Morgan fingerprint density at radius 1 is 1.29 bits per heavy atom. The summed E-state index contributed by atoms with van der Waals surface area (Å²) in [6.07, 6.45) is -0.533. The number of rotatable bonds is 2. The van der Waals surface area contributed by atoms with Crippen LogP contribution in [0.4, 0.5) is 0 Å². The Hall–Kier alpha value is -0.580. The van der Waals surface area contributed by atoms with Crippen molar-refractivity contribution in [2.24, 2.45) is 0 Å². The molecule has 76 valence electrons. The van der Waals surface area contributed by atoms with Gasteiger partial charge >= 0.3 is 0 Å². The summed E-state index contributed by atoms with van der Waals surface area (Å²) in [6, 6.07) is 7.61. The van der Waals surface area contributed by atoms with Gasteiger partial charge in [-0.2, -0.15) is 0 Å². The predicted octanol–water partition coefficient (Wildman–Crippen LogP) is 1.16. The van der Waals surface area contributed by atoms with Crippen molar-refractivity contribution in [3.8, 4) is 5.75 Å². The fourth-order valence-electron chi connectivity index (χ4n) is 1.45. The third-order valence-corrected chi connectivity index (χ3v) is 2.76. The molecule has 1 aliphatic rings. The number of nitrogens with one attached hydrogen (secondary N) is 1. The minimum Gasteiger partial charge on any atom is -0.486 e. The zero-order valence-electron chi connectivity index (χ0n) is 7.61. The van der Waals surface area contributed by atoms with Crippen LogP contribution in [0.15, 0.2) is 28.7 Å². The van der Waals surface area contributed by atoms with E-state index in [9.17, 15) is 5.11 Å². The number of ether oxygens (including phenoxy) is 1. The lowest BCUT2D eigenvalue weighted by Gasteiger charge is -2.15. The molecule has 1 aliphatic heterocycles. The highest BCUT2D eigenvalue weighted by molar-refractivity contribution is 9.10. The number of aliphatic hydroxyl groups is 1. The minimum absolute atomic E-state index is 0.129. The van der Waals surface area contributed by atoms with Crippen molar-refractivity contribution < 1.29 is 9.84 Å². The number of hydrogen-bond acceptors (Lipinski definition) is 3. The topological polar surface area (TPSA) is 41.5 Å². The van der Waals surface area contributed by atoms with Crippen LogP contribution >= 0.6 is 15.9 Å². The molecule has 2 atom stereocenters. The van der Waals surface area contributed by atoms with Crippen LogP contribution in [0.2, 0.25) is 0 Å². The van der Waals surface area contributed by atoms with Crippen molar-refractivity contribution in [2.45, 2.75) is 12.2 Å². The molecule has 0 radical (unpaired) electrons. The largest absolute Gasteiger partial charge is 0.486 e. The Kier molecular flexibility index (Phi) is 3.05. The Morgan fingerprint density at radius 2 is 2.00 bits per heavy atom. The van der Waals surface area contributed by atoms with E-state index in [1.54, 1.807) is 0 Å². The van der Waals surface area contributed by atoms with Crippen LogP contribution in [0.25, 0.3) is 0 Å². The standard InChI is InChI=1S/C10H12BrNO2/c11-7-1-3-8(4-2-7)14-10-6-12-5-9(10)13/h1-4,9-10,12-13H,5-6H2. The van der Waals surface area contributed by atoms with E-state index in [2.05, 4.69) is 21.2 Å². The molecule has 1 aromatic rings. The number of aliphatic hydroxyl groups excluding tert-OH is 1. The zero-order chi connectivity index (χ0) is 9.97. The summed E-state index contributed by atoms with van der Waals surface area (Å²) < 4.78 is 6.63. The highest BCUT2D eigenvalue weighted by Crippen LogP contribution is 2.18. The fourth-order valence-corrected chi connectivity index (χ4v) is 1.71. The number of halogens is 1. The van der Waals surface area contributed by atoms with Gasteiger partial charge in [-0.1, -0.05) is 15.9 Å². The van der Waals surface area contributed by atoms with Crippen molar-refractivity contribution in [2.75, 3.05) is 13.1 Å². The quantitative estimate of drug-likeness (QED) is 0.836. The normalized spacial score (nSPS) is 26.4. The van der Waals surface area contributed by atoms with Gasteiger partial charge in [0.15, 0.2) is 0 Å². The smallest absolute Gasteiger partial charge is 0.138 e. The van der Waals surface area contributed by atoms with E-state index in [-0.39, 0.29) is 6.10 Å². The highest BCUT2D eigenvalue weighted by atomic mass is 79.9. The molecule has 2 unspecified atom stereocenters. The molecular formula is C10H12BrNO2. The van der Waals surface area contributed by atoms with E-state index in [1.165, 1.54) is 0 Å². The Labute approximate surface area is 91.2 Å². The Balaban J connectivity index is 2.00. The van der Waals surface area contributed by atoms with Crippen LogP contribution < -0.4 is 10.1 Å². The predicted molar refractivity (Wildman–Crippen MR) is 57.4 cm³/mol. The zero-order valence-corrected chi connectivity index (χ0v) is 9.20. The van der Waals surface area contributed by atoms with Gasteiger partial charge in [-0.3, -0.25) is 0 Å². The summed E-state index contributed by atoms with van der Waals surface area (Å²) in [7, 11) is 0. The Bertz CT molecular complexity index is 301. The summed E-state index contributed by atoms with van der Waals surface area (Å²) in [5, 5.41) is 12.6. The molecule has 0 aliphatic carbocycles. The molecule has 0 spiro atoms. The first kappa shape index (κ1) is 9.96. The van der Waals surface area contributed by atoms with Crippen LogP contribution in [-0.4, -0.2) is 30.4 Å². The fraction of sp³-hybridized carbons (Fsp3) is 0.400. The third-order valence-electron chi connectivity index (χ3n) is 2.23. The van der Waals surface area contributed by atoms with Crippen LogP contribution in [-0.2, 0) is 0 Å². The maximum Gasteiger partial charge on any atom is 0.138 e. The van der Waals surface area contributed by atoms with Gasteiger partial charge in [0, 0.05) is 17.6 Å². The van der Waals surface area contributed by atoms with Gasteiger partial charge in [0.25, 0.3) is 0 Å². The number of benzene rings is 1. The molecule has 3 nitrogen and oxygen atoms in total. The Morgan fingerprint density at radius 3 is 2.57 bits per heavy atom. The van der Waals surface area contributed by atoms with Gasteiger partial charge in [0.05, 0.1) is 0 Å². The van der Waals surface area contributed by atoms with Crippen LogP contribution in [0.5, 0.6) is 5.75 Å². The van der Waals surface area contributed by atoms with Crippen LogP contribution in [0.1, 0.15) is 0 Å². The van der Waals surface area contributed by atoms with E-state index >= 15 is 0 Å². The van der Waals surface area contributed by atoms with Crippen molar-refractivity contribution in [1.29, 1.82) is 0 Å². The van der Waals surface area contributed by atoms with E-state index in [0.717, 1.165) is 10.2 Å². The molecular weight excluding hydrogens is 246 g/mol. The van der Waals surface area contributed by atoms with E-state index < -0.39 is 6.10 Å². The SMILES string of the molecule is OC1CNCC1Oc1ccc(Br)cc1. The van der Waals surface area contributed by atoms with Gasteiger partial charge in [-0.05, 0) is 24.3 Å². The molecule has 1 saturated heterocycles. The maximum absolute atomic E-state index is 9.51. The molecule has 1 aromatic carbocycles. The average Bonchev–Trinajstić information content (AvgIpc) is 2.56. The van der Waals surface area contributed by atoms with Crippen molar-refractivity contribution in [1.82, 2.24) is 5.32 Å². The lowest BCUT2D eigenvalue weighted by Crippen LogP contribution is -2.29. The first-order chi connectivity index (χ1) is 6.75.